The van der Waals surface area contributed by atoms with Crippen LogP contribution in [0.5, 0.6) is 0 Å². The first-order valence-electron chi connectivity index (χ1n) is 8.72. The lowest BCUT2D eigenvalue weighted by Crippen LogP contribution is -2.44. The zero-order valence-electron chi connectivity index (χ0n) is 13.8. The van der Waals surface area contributed by atoms with Gasteiger partial charge in [0, 0.05) is 5.41 Å². The van der Waals surface area contributed by atoms with Crippen molar-refractivity contribution in [2.24, 2.45) is 16.7 Å². The largest absolute Gasteiger partial charge is 0.0619 e. The SMILES string of the molecule is CC1(C)C2CCC1(C)C1(C2)c2ccccc2-c2ccccc21. The van der Waals surface area contributed by atoms with Crippen molar-refractivity contribution in [3.05, 3.63) is 59.7 Å². The summed E-state index contributed by atoms with van der Waals surface area (Å²) in [5.41, 5.74) is 7.23. The van der Waals surface area contributed by atoms with E-state index in [1.54, 1.807) is 11.1 Å². The molecule has 3 aliphatic rings. The van der Waals surface area contributed by atoms with E-state index in [1.807, 2.05) is 0 Å². The van der Waals surface area contributed by atoms with Gasteiger partial charge < -0.3 is 0 Å². The fraction of sp³-hybridized carbons (Fsp3) is 0.455. The molecule has 0 N–H and O–H groups in total. The van der Waals surface area contributed by atoms with Crippen LogP contribution in [0.15, 0.2) is 48.5 Å². The Morgan fingerprint density at radius 2 is 1.36 bits per heavy atom. The van der Waals surface area contributed by atoms with Crippen molar-refractivity contribution in [1.82, 2.24) is 0 Å². The molecular formula is C22H24. The molecule has 0 nitrogen and oxygen atoms in total. The minimum absolute atomic E-state index is 0.243. The minimum Gasteiger partial charge on any atom is -0.0619 e. The van der Waals surface area contributed by atoms with Gasteiger partial charge in [-0.2, -0.15) is 0 Å². The summed E-state index contributed by atoms with van der Waals surface area (Å²) in [7, 11) is 0. The van der Waals surface area contributed by atoms with E-state index in [0.29, 0.717) is 10.8 Å². The first-order chi connectivity index (χ1) is 10.5. The molecule has 2 aromatic carbocycles. The first-order valence-corrected chi connectivity index (χ1v) is 8.72. The third-order valence-corrected chi connectivity index (χ3v) is 7.99. The monoisotopic (exact) mass is 288 g/mol. The molecular weight excluding hydrogens is 264 g/mol. The summed E-state index contributed by atoms with van der Waals surface area (Å²) >= 11 is 0. The molecule has 2 bridgehead atoms. The fourth-order valence-electron chi connectivity index (χ4n) is 6.45. The Bertz CT molecular complexity index is 737. The Kier molecular flexibility index (Phi) is 2.16. The van der Waals surface area contributed by atoms with Gasteiger partial charge in [0.05, 0.1) is 0 Å². The third-order valence-electron chi connectivity index (χ3n) is 7.99. The maximum atomic E-state index is 2.58. The molecule has 0 aliphatic heterocycles. The first kappa shape index (κ1) is 12.9. The number of benzene rings is 2. The van der Waals surface area contributed by atoms with E-state index in [0.717, 1.165) is 5.92 Å². The number of hydrogen-bond acceptors (Lipinski definition) is 0. The molecule has 0 radical (unpaired) electrons. The van der Waals surface area contributed by atoms with Crippen LogP contribution in [0.3, 0.4) is 0 Å². The summed E-state index contributed by atoms with van der Waals surface area (Å²) in [6.45, 7) is 7.64. The molecule has 2 fully saturated rings. The van der Waals surface area contributed by atoms with E-state index in [-0.39, 0.29) is 5.41 Å². The van der Waals surface area contributed by atoms with Crippen molar-refractivity contribution in [2.75, 3.05) is 0 Å². The number of hydrogen-bond donors (Lipinski definition) is 0. The lowest BCUT2D eigenvalue weighted by atomic mass is 9.55. The summed E-state index contributed by atoms with van der Waals surface area (Å²) in [6.07, 6.45) is 4.12. The molecule has 0 amide bonds. The van der Waals surface area contributed by atoms with Crippen LogP contribution in [0.1, 0.15) is 51.2 Å². The summed E-state index contributed by atoms with van der Waals surface area (Å²) < 4.78 is 0. The van der Waals surface area contributed by atoms with Gasteiger partial charge >= 0.3 is 0 Å². The second-order valence-electron chi connectivity index (χ2n) is 8.49. The number of rotatable bonds is 0. The predicted molar refractivity (Wildman–Crippen MR) is 91.9 cm³/mol. The van der Waals surface area contributed by atoms with Crippen LogP contribution in [-0.4, -0.2) is 0 Å². The van der Waals surface area contributed by atoms with Crippen LogP contribution in [0.4, 0.5) is 0 Å². The van der Waals surface area contributed by atoms with Crippen molar-refractivity contribution in [2.45, 2.75) is 45.4 Å². The van der Waals surface area contributed by atoms with Gasteiger partial charge in [-0.1, -0.05) is 69.3 Å². The zero-order chi connectivity index (χ0) is 15.2. The Morgan fingerprint density at radius 1 is 0.818 bits per heavy atom. The van der Waals surface area contributed by atoms with Crippen LogP contribution in [0.2, 0.25) is 0 Å². The maximum absolute atomic E-state index is 2.58. The molecule has 112 valence electrons. The van der Waals surface area contributed by atoms with Crippen molar-refractivity contribution < 1.29 is 0 Å². The van der Waals surface area contributed by atoms with Crippen molar-refractivity contribution in [3.63, 3.8) is 0 Å². The van der Waals surface area contributed by atoms with Gasteiger partial charge in [0.25, 0.3) is 0 Å². The van der Waals surface area contributed by atoms with Gasteiger partial charge in [0.15, 0.2) is 0 Å². The van der Waals surface area contributed by atoms with Crippen LogP contribution in [0, 0.1) is 16.7 Å². The topological polar surface area (TPSA) is 0 Å². The van der Waals surface area contributed by atoms with E-state index in [2.05, 4.69) is 69.3 Å². The van der Waals surface area contributed by atoms with Crippen LogP contribution in [-0.2, 0) is 5.41 Å². The lowest BCUT2D eigenvalue weighted by Gasteiger charge is -2.48. The Labute approximate surface area is 133 Å². The Morgan fingerprint density at radius 3 is 1.82 bits per heavy atom. The van der Waals surface area contributed by atoms with Gasteiger partial charge in [-0.15, -0.1) is 0 Å². The van der Waals surface area contributed by atoms with E-state index < -0.39 is 0 Å². The normalized spacial score (nSPS) is 32.2. The highest BCUT2D eigenvalue weighted by molar-refractivity contribution is 5.82. The van der Waals surface area contributed by atoms with Crippen molar-refractivity contribution >= 4 is 0 Å². The highest BCUT2D eigenvalue weighted by Gasteiger charge is 2.71. The molecule has 2 saturated carbocycles. The average molecular weight is 288 g/mol. The smallest absolute Gasteiger partial charge is 0.0276 e. The Hall–Kier alpha value is -1.56. The second kappa shape index (κ2) is 3.67. The maximum Gasteiger partial charge on any atom is 0.0276 e. The van der Waals surface area contributed by atoms with Gasteiger partial charge in [-0.05, 0) is 58.3 Å². The highest BCUT2D eigenvalue weighted by atomic mass is 14.7. The van der Waals surface area contributed by atoms with Crippen LogP contribution >= 0.6 is 0 Å². The number of fused-ring (bicyclic) bond motifs is 8. The van der Waals surface area contributed by atoms with Crippen molar-refractivity contribution in [1.29, 1.82) is 0 Å². The molecule has 3 aliphatic carbocycles. The van der Waals surface area contributed by atoms with E-state index >= 15 is 0 Å². The fourth-order valence-corrected chi connectivity index (χ4v) is 6.45. The summed E-state index contributed by atoms with van der Waals surface area (Å²) in [5.74, 6) is 0.858. The summed E-state index contributed by atoms with van der Waals surface area (Å²) in [6, 6.07) is 18.4. The third kappa shape index (κ3) is 1.10. The molecule has 0 heteroatoms. The molecule has 1 spiro atoms. The lowest BCUT2D eigenvalue weighted by molar-refractivity contribution is 0.0990. The van der Waals surface area contributed by atoms with Gasteiger partial charge in [0.1, 0.15) is 0 Å². The molecule has 0 heterocycles. The standard InChI is InChI=1S/C22H24/c1-20(2)15-12-13-21(20,3)22(14-15)18-10-6-4-8-16(18)17-9-5-7-11-19(17)22/h4-11,15H,12-14H2,1-3H3. The highest BCUT2D eigenvalue weighted by Crippen LogP contribution is 2.77. The average Bonchev–Trinajstić information content (AvgIpc) is 3.01. The minimum atomic E-state index is 0.243. The molecule has 22 heavy (non-hydrogen) atoms. The molecule has 2 aromatic rings. The van der Waals surface area contributed by atoms with E-state index in [1.165, 1.54) is 30.4 Å². The zero-order valence-corrected chi connectivity index (χ0v) is 13.8. The summed E-state index contributed by atoms with van der Waals surface area (Å²) in [4.78, 5) is 0. The summed E-state index contributed by atoms with van der Waals surface area (Å²) in [5, 5.41) is 0. The molecule has 5 rings (SSSR count). The van der Waals surface area contributed by atoms with E-state index in [9.17, 15) is 0 Å². The predicted octanol–water partition coefficient (Wildman–Crippen LogP) is 5.80. The van der Waals surface area contributed by atoms with E-state index in [4.69, 9.17) is 0 Å². The quantitative estimate of drug-likeness (QED) is 0.574. The van der Waals surface area contributed by atoms with Gasteiger partial charge in [0.2, 0.25) is 0 Å². The molecule has 0 aromatic heterocycles. The molecule has 0 saturated heterocycles. The molecule has 2 unspecified atom stereocenters. The van der Waals surface area contributed by atoms with Gasteiger partial charge in [-0.25, -0.2) is 0 Å². The van der Waals surface area contributed by atoms with Gasteiger partial charge in [-0.3, -0.25) is 0 Å². The Balaban J connectivity index is 1.90. The second-order valence-corrected chi connectivity index (χ2v) is 8.49. The molecule has 2 atom stereocenters. The van der Waals surface area contributed by atoms with Crippen LogP contribution < -0.4 is 0 Å². The van der Waals surface area contributed by atoms with Crippen LogP contribution in [0.25, 0.3) is 11.1 Å². The van der Waals surface area contributed by atoms with Crippen molar-refractivity contribution in [3.8, 4) is 11.1 Å².